The molecule has 1 amide bonds. The molecule has 1 aromatic carbocycles. The van der Waals surface area contributed by atoms with E-state index in [2.05, 4.69) is 5.32 Å². The number of sulfonamides is 1. The van der Waals surface area contributed by atoms with Gasteiger partial charge in [0.2, 0.25) is 5.91 Å². The highest BCUT2D eigenvalue weighted by atomic mass is 35.5. The lowest BCUT2D eigenvalue weighted by molar-refractivity contribution is -0.137. The monoisotopic (exact) mass is 446 g/mol. The molecule has 12 heteroatoms. The van der Waals surface area contributed by atoms with Crippen LogP contribution in [0, 0.1) is 0 Å². The molecule has 0 aliphatic heterocycles. The highest BCUT2D eigenvalue weighted by molar-refractivity contribution is 7.91. The number of alkyl halides is 3. The minimum absolute atomic E-state index is 0.0522. The fourth-order valence-corrected chi connectivity index (χ4v) is 4.94. The highest BCUT2D eigenvalue weighted by Gasteiger charge is 2.33. The maximum atomic E-state index is 12.8. The lowest BCUT2D eigenvalue weighted by Crippen LogP contribution is -2.34. The second-order valence-corrected chi connectivity index (χ2v) is 9.45. The van der Waals surface area contributed by atoms with Crippen molar-refractivity contribution in [2.45, 2.75) is 10.4 Å². The van der Waals surface area contributed by atoms with Gasteiger partial charge < -0.3 is 5.32 Å². The number of nitrogens with one attached hydrogen (secondary N) is 1. The summed E-state index contributed by atoms with van der Waals surface area (Å²) in [5.74, 6) is -0.811. The molecule has 0 saturated carbocycles. The Labute approximate surface area is 161 Å². The molecule has 26 heavy (non-hydrogen) atoms. The Bertz CT molecular complexity index is 930. The van der Waals surface area contributed by atoms with Crippen LogP contribution in [0.25, 0.3) is 0 Å². The number of amides is 1. The average molecular weight is 447 g/mol. The van der Waals surface area contributed by atoms with E-state index in [0.717, 1.165) is 21.7 Å². The Kier molecular flexibility index (Phi) is 6.24. The predicted octanol–water partition coefficient (Wildman–Crippen LogP) is 4.33. The summed E-state index contributed by atoms with van der Waals surface area (Å²) in [7, 11) is -2.77. The van der Waals surface area contributed by atoms with Gasteiger partial charge in [0.15, 0.2) is 0 Å². The number of carbonyl (C=O) groups excluding carboxylic acids is 1. The van der Waals surface area contributed by atoms with E-state index in [1.807, 2.05) is 0 Å². The van der Waals surface area contributed by atoms with Crippen LogP contribution in [-0.2, 0) is 21.0 Å². The molecule has 0 saturated heterocycles. The van der Waals surface area contributed by atoms with Crippen LogP contribution in [0.3, 0.4) is 0 Å². The summed E-state index contributed by atoms with van der Waals surface area (Å²) >= 11 is 12.0. The Morgan fingerprint density at radius 3 is 2.42 bits per heavy atom. The zero-order valence-corrected chi connectivity index (χ0v) is 16.1. The minimum Gasteiger partial charge on any atom is -0.325 e. The first-order chi connectivity index (χ1) is 11.9. The molecule has 2 aromatic rings. The lowest BCUT2D eigenvalue weighted by Gasteiger charge is -2.16. The molecule has 142 valence electrons. The Morgan fingerprint density at radius 1 is 1.23 bits per heavy atom. The van der Waals surface area contributed by atoms with Gasteiger partial charge in [-0.25, -0.2) is 8.42 Å². The number of thiophene rings is 1. The van der Waals surface area contributed by atoms with Gasteiger partial charge in [0.1, 0.15) is 4.21 Å². The first-order valence-electron chi connectivity index (χ1n) is 6.79. The standard InChI is InChI=1S/C14H11Cl2F3N2O3S2/c1-21(26(23,24)13-5-4-11(16)25-13)7-12(22)20-8-2-3-10(15)9(6-8)14(17,18)19/h2-6H,7H2,1H3,(H,20,22). The van der Waals surface area contributed by atoms with Crippen molar-refractivity contribution in [3.8, 4) is 0 Å². The van der Waals surface area contributed by atoms with Crippen LogP contribution < -0.4 is 5.32 Å². The molecule has 0 fully saturated rings. The SMILES string of the molecule is CN(CC(=O)Nc1ccc(Cl)c(C(F)(F)F)c1)S(=O)(=O)c1ccc(Cl)s1. The number of carbonyl (C=O) groups is 1. The van der Waals surface area contributed by atoms with Gasteiger partial charge in [0, 0.05) is 12.7 Å². The van der Waals surface area contributed by atoms with Gasteiger partial charge in [-0.05, 0) is 30.3 Å². The van der Waals surface area contributed by atoms with E-state index in [1.54, 1.807) is 0 Å². The van der Waals surface area contributed by atoms with Crippen LogP contribution in [-0.4, -0.2) is 32.2 Å². The van der Waals surface area contributed by atoms with Crippen molar-refractivity contribution in [3.05, 3.63) is 45.3 Å². The van der Waals surface area contributed by atoms with Crippen LogP contribution in [0.1, 0.15) is 5.56 Å². The van der Waals surface area contributed by atoms with Crippen molar-refractivity contribution < 1.29 is 26.4 Å². The van der Waals surface area contributed by atoms with Crippen LogP contribution in [0.15, 0.2) is 34.5 Å². The van der Waals surface area contributed by atoms with Crippen molar-refractivity contribution in [1.29, 1.82) is 0 Å². The summed E-state index contributed by atoms with van der Waals surface area (Å²) in [6.45, 7) is -0.595. The van der Waals surface area contributed by atoms with Crippen molar-refractivity contribution in [2.24, 2.45) is 0 Å². The third-order valence-electron chi connectivity index (χ3n) is 3.13. The maximum absolute atomic E-state index is 12.8. The quantitative estimate of drug-likeness (QED) is 0.742. The molecule has 1 aromatic heterocycles. The molecule has 0 aliphatic rings. The van der Waals surface area contributed by atoms with Crippen LogP contribution in [0.4, 0.5) is 18.9 Å². The number of hydrogen-bond donors (Lipinski definition) is 1. The summed E-state index contributed by atoms with van der Waals surface area (Å²) in [4.78, 5) is 12.0. The second kappa shape index (κ2) is 7.73. The van der Waals surface area contributed by atoms with E-state index in [1.165, 1.54) is 25.2 Å². The van der Waals surface area contributed by atoms with Gasteiger partial charge in [0.05, 0.1) is 21.5 Å². The van der Waals surface area contributed by atoms with Gasteiger partial charge in [-0.1, -0.05) is 23.2 Å². The predicted molar refractivity (Wildman–Crippen MR) is 94.2 cm³/mol. The normalized spacial score (nSPS) is 12.4. The van der Waals surface area contributed by atoms with Crippen molar-refractivity contribution in [2.75, 3.05) is 18.9 Å². The average Bonchev–Trinajstić information content (AvgIpc) is 2.95. The van der Waals surface area contributed by atoms with Crippen LogP contribution >= 0.6 is 34.5 Å². The van der Waals surface area contributed by atoms with Gasteiger partial charge in [-0.15, -0.1) is 11.3 Å². The van der Waals surface area contributed by atoms with Gasteiger partial charge in [-0.3, -0.25) is 4.79 Å². The molecule has 1 N–H and O–H groups in total. The van der Waals surface area contributed by atoms with Gasteiger partial charge >= 0.3 is 6.18 Å². The summed E-state index contributed by atoms with van der Waals surface area (Å²) < 4.78 is 64.1. The van der Waals surface area contributed by atoms with Gasteiger partial charge in [0.25, 0.3) is 10.0 Å². The molecule has 5 nitrogen and oxygen atoms in total. The third kappa shape index (κ3) is 4.89. The number of rotatable bonds is 5. The zero-order valence-electron chi connectivity index (χ0n) is 13.0. The molecular weight excluding hydrogens is 436 g/mol. The molecular formula is C14H11Cl2F3N2O3S2. The lowest BCUT2D eigenvalue weighted by atomic mass is 10.2. The largest absolute Gasteiger partial charge is 0.417 e. The van der Waals surface area contributed by atoms with Crippen molar-refractivity contribution in [1.82, 2.24) is 4.31 Å². The van der Waals surface area contributed by atoms with E-state index in [-0.39, 0.29) is 14.2 Å². The summed E-state index contributed by atoms with van der Waals surface area (Å²) in [6, 6.07) is 5.55. The fourth-order valence-electron chi connectivity index (χ4n) is 1.90. The Balaban J connectivity index is 2.11. The number of benzene rings is 1. The summed E-state index contributed by atoms with van der Waals surface area (Å²) in [6.07, 6.45) is -4.68. The maximum Gasteiger partial charge on any atom is 0.417 e. The van der Waals surface area contributed by atoms with Crippen LogP contribution in [0.2, 0.25) is 9.36 Å². The van der Waals surface area contributed by atoms with Gasteiger partial charge in [-0.2, -0.15) is 17.5 Å². The van der Waals surface area contributed by atoms with E-state index >= 15 is 0 Å². The number of likely N-dealkylation sites (N-methyl/N-ethyl adjacent to an activating group) is 1. The summed E-state index contributed by atoms with van der Waals surface area (Å²) in [5.41, 5.74) is -1.26. The number of nitrogens with zero attached hydrogens (tertiary/aromatic N) is 1. The molecule has 0 unspecified atom stereocenters. The van der Waals surface area contributed by atoms with Crippen molar-refractivity contribution in [3.63, 3.8) is 0 Å². The smallest absolute Gasteiger partial charge is 0.325 e. The highest BCUT2D eigenvalue weighted by Crippen LogP contribution is 2.36. The molecule has 0 spiro atoms. The first-order valence-corrected chi connectivity index (χ1v) is 9.81. The topological polar surface area (TPSA) is 66.5 Å². The Morgan fingerprint density at radius 2 is 1.88 bits per heavy atom. The first kappa shape index (κ1) is 21.0. The number of hydrogen-bond acceptors (Lipinski definition) is 4. The number of halogens is 5. The third-order valence-corrected chi connectivity index (χ3v) is 6.97. The molecule has 0 aliphatic carbocycles. The minimum atomic E-state index is -4.68. The molecule has 1 heterocycles. The molecule has 0 bridgehead atoms. The van der Waals surface area contributed by atoms with Crippen molar-refractivity contribution >= 4 is 56.2 Å². The fraction of sp³-hybridized carbons (Fsp3) is 0.214. The summed E-state index contributed by atoms with van der Waals surface area (Å²) in [5, 5.41) is 1.71. The van der Waals surface area contributed by atoms with E-state index in [0.29, 0.717) is 6.07 Å². The molecule has 0 radical (unpaired) electrons. The van der Waals surface area contributed by atoms with E-state index in [4.69, 9.17) is 23.2 Å². The van der Waals surface area contributed by atoms with Crippen LogP contribution in [0.5, 0.6) is 0 Å². The van der Waals surface area contributed by atoms with E-state index in [9.17, 15) is 26.4 Å². The molecule has 2 rings (SSSR count). The van der Waals surface area contributed by atoms with E-state index < -0.39 is 39.2 Å². The molecule has 0 atom stereocenters. The second-order valence-electron chi connectivity index (χ2n) is 5.06. The number of anilines is 1. The Hall–Kier alpha value is -1.33. The zero-order chi connectivity index (χ0) is 19.7.